The Kier molecular flexibility index (Phi) is 28.5. The topological polar surface area (TPSA) is 321 Å². The van der Waals surface area contributed by atoms with Crippen molar-refractivity contribution in [3.05, 3.63) is 398 Å². The molecule has 0 spiro atoms. The lowest BCUT2D eigenvalue weighted by atomic mass is 9.90. The number of nitrogens with zero attached hydrogens (tertiary/aromatic N) is 12. The number of nitrogens with two attached hydrogens (primary N) is 1. The van der Waals surface area contributed by atoms with Crippen LogP contribution in [0.5, 0.6) is 0 Å². The van der Waals surface area contributed by atoms with Gasteiger partial charge < -0.3 is 28.3 Å². The van der Waals surface area contributed by atoms with Crippen LogP contribution in [0.15, 0.2) is 284 Å². The molecule has 0 saturated carbocycles. The maximum absolute atomic E-state index is 12.1. The fourth-order valence-corrected chi connectivity index (χ4v) is 18.8. The highest BCUT2D eigenvalue weighted by Gasteiger charge is 2.38. The molecule has 5 atom stereocenters. The molecule has 0 bridgehead atoms. The van der Waals surface area contributed by atoms with Crippen LogP contribution in [-0.4, -0.2) is 88.2 Å². The normalized spacial score (nSPS) is 15.3. The smallest absolute Gasteiger partial charge is 0.187 e. The lowest BCUT2D eigenvalue weighted by Gasteiger charge is -2.14. The van der Waals surface area contributed by atoms with E-state index in [2.05, 4.69) is 166 Å². The third-order valence-electron chi connectivity index (χ3n) is 25.0. The first-order valence-corrected chi connectivity index (χ1v) is 47.2. The zero-order chi connectivity index (χ0) is 99.5. The molecule has 10 aromatic carbocycles. The third kappa shape index (κ3) is 20.9. The van der Waals surface area contributed by atoms with Crippen molar-refractivity contribution in [2.45, 2.75) is 159 Å². The van der Waals surface area contributed by atoms with Gasteiger partial charge in [-0.25, -0.2) is 9.83 Å². The summed E-state index contributed by atoms with van der Waals surface area (Å²) in [6, 6.07) is 73.3. The van der Waals surface area contributed by atoms with Crippen molar-refractivity contribution in [1.82, 2.24) is 30.8 Å². The first kappa shape index (κ1) is 96.9. The van der Waals surface area contributed by atoms with Crippen molar-refractivity contribution >= 4 is 104 Å². The molecule has 23 nitrogen and oxygen atoms in total. The Labute approximate surface area is 830 Å². The second-order valence-corrected chi connectivity index (χ2v) is 37.3. The van der Waals surface area contributed by atoms with E-state index in [0.717, 1.165) is 179 Å². The van der Waals surface area contributed by atoms with Gasteiger partial charge in [0.25, 0.3) is 0 Å². The Bertz CT molecular complexity index is 7630. The number of Topliss-reactive ketones (excluding diaryl/α,β-unsaturated/α-hetero) is 5. The maximum Gasteiger partial charge on any atom is 0.187 e. The number of anilines is 1. The molecule has 0 saturated heterocycles. The largest absolute Gasteiger partial charge is 0.384 e. The number of carbonyl (C=O) groups excluding carboxylic acids is 5. The highest BCUT2D eigenvalue weighted by atomic mass is 35.5. The Morgan fingerprint density at radius 3 is 0.865 bits per heavy atom. The van der Waals surface area contributed by atoms with Crippen molar-refractivity contribution in [2.75, 3.05) is 5.73 Å². The standard InChI is InChI=1S/C27H24N4O2.C22H16ClN3O2.2C22H19ClN2O2.C22H20N2O2/c1-15-4-6-18(7-5-15)26-22-13-19(20-9-11-24(28)29-14-20)8-10-21(22)25-17(3)31-33-27(25)23(30-26)12-16(2)32;1-12(27)10-19-22-20(13(2)26-28-22)17-9-6-15(23)11-18(17)21(25-19)14-4-7-16(24-3)8-5-14;1-12-4-9-17-18(10-12)21(15-5-7-16(23)8-6-15)24-19(11-13(2)26)22-20(17)14(3)25-27-22;1-12-4-6-15(7-5-12)21-18-11-16(23)8-9-17(18)20-14(3)25-27-22(20)19(24-21)10-13(2)26;1-13-8-10-16(11-9-13)21-18-7-5-4-6-17(18)20-15(3)24-26-22(20)19(23-21)12-14(2)25/h4-11,13-14,23H,12H2,1-3H3,(H2,28,29);4-9,11,19H,10H2,1-2H3;4-10,19H,11H2,1-3H3;4-9,11,19H,10H2,1-3H3;4-11,19H,12H2,1-3H3/t23-;4*19-/m00000/s1. The molecule has 6 aromatic heterocycles. The third-order valence-corrected chi connectivity index (χ3v) is 25.7. The fraction of sp³-hybridized carbons (Fsp3) is 0.209. The number of rotatable bonds is 16. The minimum atomic E-state index is -0.476. The first-order chi connectivity index (χ1) is 67.8. The summed E-state index contributed by atoms with van der Waals surface area (Å²) >= 11 is 18.7. The number of hydrogen-bond acceptors (Lipinski definition) is 22. The zero-order valence-electron chi connectivity index (χ0n) is 80.1. The molecule has 141 heavy (non-hydrogen) atoms. The monoisotopic (exact) mass is 1930 g/mol. The maximum atomic E-state index is 12.1. The molecule has 2 N–H and O–H groups in total. The average Bonchev–Trinajstić information content (AvgIpc) is 1.62. The van der Waals surface area contributed by atoms with E-state index in [-0.39, 0.29) is 60.6 Å². The molecule has 0 aliphatic carbocycles. The predicted octanol–water partition coefficient (Wildman–Crippen LogP) is 27.0. The number of halogens is 3. The van der Waals surface area contributed by atoms with E-state index >= 15 is 0 Å². The Balaban J connectivity index is 0.000000122. The van der Waals surface area contributed by atoms with Gasteiger partial charge in [-0.05, 0) is 197 Å². The van der Waals surface area contributed by atoms with Crippen molar-refractivity contribution in [3.63, 3.8) is 0 Å². The Morgan fingerprint density at radius 2 is 0.546 bits per heavy atom. The number of fused-ring (bicyclic) bond motifs is 15. The minimum absolute atomic E-state index is 0.0143. The summed E-state index contributed by atoms with van der Waals surface area (Å²) in [5.74, 6) is 3.90. The molecular formula is C115H98Cl3N13O10. The second-order valence-electron chi connectivity index (χ2n) is 36.0. The number of ketones is 5. The van der Waals surface area contributed by atoms with E-state index in [0.29, 0.717) is 67.5 Å². The molecule has 0 radical (unpaired) electrons. The number of aliphatic imine (C=N–C) groups is 5. The van der Waals surface area contributed by atoms with Crippen molar-refractivity contribution in [2.24, 2.45) is 25.0 Å². The van der Waals surface area contributed by atoms with Crippen LogP contribution >= 0.6 is 34.8 Å². The zero-order valence-corrected chi connectivity index (χ0v) is 82.4. The lowest BCUT2D eigenvalue weighted by Crippen LogP contribution is -2.08. The second kappa shape index (κ2) is 41.5. The Hall–Kier alpha value is -15.7. The molecule has 0 amide bonds. The summed E-state index contributed by atoms with van der Waals surface area (Å²) in [5.41, 5.74) is 40.0. The van der Waals surface area contributed by atoms with Crippen LogP contribution in [0.2, 0.25) is 15.1 Å². The summed E-state index contributed by atoms with van der Waals surface area (Å²) in [7, 11) is 0. The Morgan fingerprint density at radius 1 is 0.291 bits per heavy atom. The highest BCUT2D eigenvalue weighted by molar-refractivity contribution is 6.33. The van der Waals surface area contributed by atoms with Crippen molar-refractivity contribution in [1.29, 1.82) is 0 Å². The van der Waals surface area contributed by atoms with Gasteiger partial charge >= 0.3 is 0 Å². The van der Waals surface area contributed by atoms with Crippen LogP contribution in [0.25, 0.3) is 71.6 Å². The molecule has 26 heteroatoms. The van der Waals surface area contributed by atoms with Crippen molar-refractivity contribution in [3.8, 4) is 66.8 Å². The van der Waals surface area contributed by atoms with Gasteiger partial charge in [0.2, 0.25) is 0 Å². The number of benzene rings is 10. The molecule has 704 valence electrons. The fourth-order valence-electron chi connectivity index (χ4n) is 18.3. The molecule has 11 heterocycles. The van der Waals surface area contributed by atoms with Crippen molar-refractivity contribution < 1.29 is 46.6 Å². The van der Waals surface area contributed by atoms with Gasteiger partial charge in [0.1, 0.15) is 64.9 Å². The van der Waals surface area contributed by atoms with Gasteiger partial charge in [0.15, 0.2) is 34.5 Å². The molecule has 16 aromatic rings. The molecule has 21 rings (SSSR count). The minimum Gasteiger partial charge on any atom is -0.384 e. The van der Waals surface area contributed by atoms with Crippen LogP contribution in [0.4, 0.5) is 11.5 Å². The lowest BCUT2D eigenvalue weighted by molar-refractivity contribution is -0.118. The summed E-state index contributed by atoms with van der Waals surface area (Å²) in [4.78, 5) is 92.3. The quantitative estimate of drug-likeness (QED) is 0.0878. The molecular weight excluding hydrogens is 1830 g/mol. The molecule has 0 fully saturated rings. The van der Waals surface area contributed by atoms with Gasteiger partial charge in [0.05, 0.1) is 91.4 Å². The average molecular weight is 1930 g/mol. The van der Waals surface area contributed by atoms with E-state index in [1.807, 2.05) is 145 Å². The molecule has 0 unspecified atom stereocenters. The van der Waals surface area contributed by atoms with Gasteiger partial charge in [-0.3, -0.25) is 48.9 Å². The summed E-state index contributed by atoms with van der Waals surface area (Å²) in [6.07, 6.45) is 3.06. The van der Waals surface area contributed by atoms with Gasteiger partial charge in [0, 0.05) is 109 Å². The van der Waals surface area contributed by atoms with Crippen LogP contribution < -0.4 is 5.73 Å². The SMILES string of the molecule is CC(=O)C[C@@H]1N=C(c2ccc(C)cc2)c2cc(-c3ccc(N)nc3)ccc2-c2c(C)noc21.CC(=O)C[C@@H]1N=C(c2ccc(C)cc2)c2cc(Cl)ccc2-c2c(C)noc21.CC(=O)C[C@@H]1N=C(c2ccc(C)cc2)c2ccccc2-c2c(C)noc21.CC(=O)C[C@@H]1N=C(c2ccc(Cl)cc2)c2cc(C)ccc2-c2c(C)noc21.[C-]#[N+]c1ccc(C2=N[C@@H](CC(C)=O)c3onc(C)c3-c3ccc(Cl)cc32)cc1. The van der Waals surface area contributed by atoms with E-state index < -0.39 is 24.2 Å². The molecule has 5 aliphatic heterocycles. The van der Waals surface area contributed by atoms with E-state index in [1.165, 1.54) is 23.6 Å². The highest BCUT2D eigenvalue weighted by Crippen LogP contribution is 2.49. The number of nitrogen functional groups attached to an aromatic ring is 1. The number of carbonyl (C=O) groups is 5. The summed E-state index contributed by atoms with van der Waals surface area (Å²) < 4.78 is 28.2. The van der Waals surface area contributed by atoms with E-state index in [1.54, 1.807) is 52.1 Å². The number of pyridine rings is 1. The van der Waals surface area contributed by atoms with Crippen LogP contribution in [0.3, 0.4) is 0 Å². The van der Waals surface area contributed by atoms with Gasteiger partial charge in [-0.1, -0.05) is 253 Å². The van der Waals surface area contributed by atoms with Gasteiger partial charge in [-0.2, -0.15) is 0 Å². The number of aromatic nitrogens is 6. The van der Waals surface area contributed by atoms with E-state index in [4.69, 9.17) is 94.7 Å². The van der Waals surface area contributed by atoms with E-state index in [9.17, 15) is 24.0 Å². The predicted molar refractivity (Wildman–Crippen MR) is 552 cm³/mol. The number of hydrogen-bond donors (Lipinski definition) is 1. The first-order valence-electron chi connectivity index (χ1n) is 46.1. The molecule has 5 aliphatic rings. The number of aryl methyl sites for hydroxylation is 9. The van der Waals surface area contributed by atoms with Crippen LogP contribution in [0, 0.1) is 68.9 Å². The van der Waals surface area contributed by atoms with Crippen LogP contribution in [-0.2, 0) is 24.0 Å². The summed E-state index contributed by atoms with van der Waals surface area (Å²) in [5, 5.41) is 22.7. The van der Waals surface area contributed by atoms with Crippen LogP contribution in [0.1, 0.15) is 232 Å². The van der Waals surface area contributed by atoms with Gasteiger partial charge in [-0.15, -0.1) is 0 Å². The summed E-state index contributed by atoms with van der Waals surface area (Å²) in [6.45, 7) is 32.8.